The molecule has 16 heavy (non-hydrogen) atoms. The quantitative estimate of drug-likeness (QED) is 0.414. The maximum Gasteiger partial charge on any atom is 0.165 e. The lowest BCUT2D eigenvalue weighted by atomic mass is 10.1. The zero-order chi connectivity index (χ0) is 11.1. The summed E-state index contributed by atoms with van der Waals surface area (Å²) in [6, 6.07) is 8.02. The Labute approximate surface area is 114 Å². The number of ketones is 1. The Morgan fingerprint density at radius 1 is 1.12 bits per heavy atom. The molecule has 88 valence electrons. The van der Waals surface area contributed by atoms with Gasteiger partial charge in [-0.05, 0) is 37.1 Å². The number of carbonyl (C=O) groups is 1. The second-order valence-electron chi connectivity index (χ2n) is 5.20. The number of rotatable bonds is 3. The van der Waals surface area contributed by atoms with E-state index in [2.05, 4.69) is 33.3 Å². The number of benzene rings is 1. The summed E-state index contributed by atoms with van der Waals surface area (Å²) in [5.41, 5.74) is 2.09. The number of hydrogen-bond acceptors (Lipinski definition) is 1. The Balaban J connectivity index is 0.00000128. The maximum absolute atomic E-state index is 11.8. The molecule has 0 amide bonds. The highest BCUT2D eigenvalue weighted by molar-refractivity contribution is 5.99. The van der Waals surface area contributed by atoms with E-state index >= 15 is 0 Å². The second kappa shape index (κ2) is 4.84. The summed E-state index contributed by atoms with van der Waals surface area (Å²) in [6.07, 6.45) is 2.16. The molecule has 1 saturated carbocycles. The van der Waals surface area contributed by atoms with Crippen LogP contribution in [0.1, 0.15) is 23.2 Å². The van der Waals surface area contributed by atoms with Gasteiger partial charge in [-0.3, -0.25) is 9.28 Å². The average molecular weight is 331 g/mol. The topological polar surface area (TPSA) is 17.1 Å². The Hall–Kier alpha value is -0.420. The number of Topliss-reactive ketones (excluding diaryl/α,β-unsaturated/α-hetero) is 1. The number of halogens is 1. The fourth-order valence-electron chi connectivity index (χ4n) is 1.65. The van der Waals surface area contributed by atoms with E-state index in [1.54, 1.807) is 0 Å². The first-order valence-electron chi connectivity index (χ1n) is 5.45. The minimum absolute atomic E-state index is 0. The van der Waals surface area contributed by atoms with Crippen LogP contribution in [0.25, 0.3) is 0 Å². The average Bonchev–Trinajstić information content (AvgIpc) is 2.99. The second-order valence-corrected chi connectivity index (χ2v) is 5.20. The molecule has 0 bridgehead atoms. The molecule has 3 heteroatoms. The molecule has 0 atom stereocenters. The minimum Gasteiger partial charge on any atom is -1.00 e. The van der Waals surface area contributed by atoms with Crippen molar-refractivity contribution in [2.45, 2.75) is 12.8 Å². The molecule has 0 heterocycles. The van der Waals surface area contributed by atoms with E-state index in [1.165, 1.54) is 5.69 Å². The Morgan fingerprint density at radius 2 is 1.62 bits per heavy atom. The number of nitrogens with zero attached hydrogens (tertiary/aromatic N) is 1. The van der Waals surface area contributed by atoms with Crippen molar-refractivity contribution in [3.8, 4) is 0 Å². The van der Waals surface area contributed by atoms with Crippen LogP contribution < -0.4 is 28.5 Å². The smallest absolute Gasteiger partial charge is 0.165 e. The van der Waals surface area contributed by atoms with Crippen molar-refractivity contribution in [1.82, 2.24) is 4.48 Å². The third-order valence-corrected chi connectivity index (χ3v) is 2.87. The SMILES string of the molecule is C[N+](C)(C)c1ccc(C(=O)C2CC2)cc1.[I-]. The molecular formula is C13H18INO. The van der Waals surface area contributed by atoms with Gasteiger partial charge in [0, 0.05) is 11.5 Å². The Bertz CT molecular complexity index is 374. The predicted molar refractivity (Wildman–Crippen MR) is 63.1 cm³/mol. The zero-order valence-corrected chi connectivity index (χ0v) is 12.2. The van der Waals surface area contributed by atoms with Crippen LogP contribution in [-0.4, -0.2) is 26.9 Å². The van der Waals surface area contributed by atoms with Gasteiger partial charge >= 0.3 is 0 Å². The summed E-state index contributed by atoms with van der Waals surface area (Å²) in [5, 5.41) is 0. The highest BCUT2D eigenvalue weighted by atomic mass is 127. The van der Waals surface area contributed by atoms with E-state index in [-0.39, 0.29) is 24.0 Å². The summed E-state index contributed by atoms with van der Waals surface area (Å²) < 4.78 is 0.790. The van der Waals surface area contributed by atoms with Gasteiger partial charge in [-0.1, -0.05) is 0 Å². The number of hydrogen-bond donors (Lipinski definition) is 0. The van der Waals surface area contributed by atoms with Gasteiger partial charge in [0.25, 0.3) is 0 Å². The van der Waals surface area contributed by atoms with E-state index in [0.717, 1.165) is 22.9 Å². The monoisotopic (exact) mass is 331 g/mol. The highest BCUT2D eigenvalue weighted by Gasteiger charge is 2.30. The van der Waals surface area contributed by atoms with Crippen LogP contribution in [0.5, 0.6) is 0 Å². The summed E-state index contributed by atoms with van der Waals surface area (Å²) in [4.78, 5) is 11.8. The number of carbonyl (C=O) groups excluding carboxylic acids is 1. The molecule has 0 saturated heterocycles. The molecule has 0 N–H and O–H groups in total. The third-order valence-electron chi connectivity index (χ3n) is 2.87. The molecule has 2 nitrogen and oxygen atoms in total. The molecular weight excluding hydrogens is 313 g/mol. The van der Waals surface area contributed by atoms with Gasteiger partial charge in [0.15, 0.2) is 5.78 Å². The van der Waals surface area contributed by atoms with Gasteiger partial charge < -0.3 is 24.0 Å². The Morgan fingerprint density at radius 3 is 2.00 bits per heavy atom. The van der Waals surface area contributed by atoms with Gasteiger partial charge in [-0.25, -0.2) is 0 Å². The van der Waals surface area contributed by atoms with E-state index in [4.69, 9.17) is 0 Å². The molecule has 0 unspecified atom stereocenters. The van der Waals surface area contributed by atoms with Crippen molar-refractivity contribution >= 4 is 11.5 Å². The third kappa shape index (κ3) is 3.04. The maximum atomic E-state index is 11.8. The van der Waals surface area contributed by atoms with Crippen molar-refractivity contribution < 1.29 is 28.8 Å². The van der Waals surface area contributed by atoms with Crippen molar-refractivity contribution in [3.05, 3.63) is 29.8 Å². The predicted octanol–water partition coefficient (Wildman–Crippen LogP) is -0.520. The molecule has 1 aromatic carbocycles. The molecule has 0 radical (unpaired) electrons. The number of quaternary nitrogens is 1. The van der Waals surface area contributed by atoms with E-state index < -0.39 is 0 Å². The first-order chi connectivity index (χ1) is 6.98. The summed E-state index contributed by atoms with van der Waals surface area (Å²) >= 11 is 0. The summed E-state index contributed by atoms with van der Waals surface area (Å²) in [5.74, 6) is 0.642. The summed E-state index contributed by atoms with van der Waals surface area (Å²) in [7, 11) is 6.37. The van der Waals surface area contributed by atoms with Gasteiger partial charge in [-0.2, -0.15) is 0 Å². The first kappa shape index (κ1) is 13.6. The summed E-state index contributed by atoms with van der Waals surface area (Å²) in [6.45, 7) is 0. The largest absolute Gasteiger partial charge is 1.00 e. The molecule has 0 aliphatic heterocycles. The van der Waals surface area contributed by atoms with E-state index in [0.29, 0.717) is 11.7 Å². The van der Waals surface area contributed by atoms with Crippen LogP contribution in [0.2, 0.25) is 0 Å². The first-order valence-corrected chi connectivity index (χ1v) is 5.45. The molecule has 2 rings (SSSR count). The van der Waals surface area contributed by atoms with Crippen LogP contribution >= 0.6 is 0 Å². The minimum atomic E-state index is 0. The van der Waals surface area contributed by atoms with Crippen LogP contribution in [0, 0.1) is 5.92 Å². The van der Waals surface area contributed by atoms with Gasteiger partial charge in [0.05, 0.1) is 21.1 Å². The van der Waals surface area contributed by atoms with Crippen LogP contribution in [0.3, 0.4) is 0 Å². The fourth-order valence-corrected chi connectivity index (χ4v) is 1.65. The highest BCUT2D eigenvalue weighted by Crippen LogP contribution is 2.33. The standard InChI is InChI=1S/C13H18NO.HI/c1-14(2,3)12-8-6-11(7-9-12)13(15)10-4-5-10;/h6-10H,4-5H2,1-3H3;1H/q+1;/p-1. The lowest BCUT2D eigenvalue weighted by Gasteiger charge is -2.23. The molecule has 0 aromatic heterocycles. The van der Waals surface area contributed by atoms with Crippen molar-refractivity contribution in [2.24, 2.45) is 5.92 Å². The van der Waals surface area contributed by atoms with Crippen molar-refractivity contribution in [2.75, 3.05) is 21.1 Å². The van der Waals surface area contributed by atoms with Crippen LogP contribution in [0.15, 0.2) is 24.3 Å². The molecule has 1 fully saturated rings. The van der Waals surface area contributed by atoms with Gasteiger partial charge in [0.2, 0.25) is 0 Å². The molecule has 1 aliphatic rings. The van der Waals surface area contributed by atoms with Crippen LogP contribution in [0.4, 0.5) is 5.69 Å². The Kier molecular flexibility index (Phi) is 4.12. The lowest BCUT2D eigenvalue weighted by Crippen LogP contribution is -3.00. The van der Waals surface area contributed by atoms with Crippen molar-refractivity contribution in [3.63, 3.8) is 0 Å². The molecule has 0 spiro atoms. The van der Waals surface area contributed by atoms with Crippen LogP contribution in [-0.2, 0) is 0 Å². The van der Waals surface area contributed by atoms with Gasteiger partial charge in [-0.15, -0.1) is 0 Å². The molecule has 1 aromatic rings. The normalized spacial score (nSPS) is 15.4. The zero-order valence-electron chi connectivity index (χ0n) is 10.0. The van der Waals surface area contributed by atoms with Gasteiger partial charge in [0.1, 0.15) is 5.69 Å². The van der Waals surface area contributed by atoms with Crippen molar-refractivity contribution in [1.29, 1.82) is 0 Å². The van der Waals surface area contributed by atoms with E-state index in [1.807, 2.05) is 12.1 Å². The van der Waals surface area contributed by atoms with E-state index in [9.17, 15) is 4.79 Å². The fraction of sp³-hybridized carbons (Fsp3) is 0.462. The lowest BCUT2D eigenvalue weighted by molar-refractivity contribution is -0.0000111. The molecule has 1 aliphatic carbocycles.